The highest BCUT2D eigenvalue weighted by Gasteiger charge is 2.23. The molecule has 2 N–H and O–H groups in total. The Morgan fingerprint density at radius 1 is 0.547 bits per heavy atom. The highest BCUT2D eigenvalue weighted by molar-refractivity contribution is 7.45. The number of allylic oxidation sites excluding steroid dienone is 11. The van der Waals surface area contributed by atoms with Gasteiger partial charge in [-0.15, -0.1) is 0 Å². The molecule has 1 amide bonds. The highest BCUT2D eigenvalue weighted by atomic mass is 31.2. The minimum absolute atomic E-state index is 0.0120. The standard InChI is InChI=1S/C55H101N2O6P/c1-6-8-10-12-14-16-18-20-22-23-24-25-26-27-28-29-30-31-32-33-35-37-39-41-43-45-47-49-55(59)56-53(52-63-64(60,61)62-51-50-57(3,4)5)54(58)48-46-44-42-40-38-36-34-21-19-17-15-13-11-9-7-2/h18-21,23-24,26-27,38,40,46,48,53-54,58H,6-17,22,25,28-37,39,41-45,47,49-52H2,1-5H3,(H-,56,59,60,61)/b20-18-,21-19+,24-23-,27-26-,40-38+,48-46+. The lowest BCUT2D eigenvalue weighted by molar-refractivity contribution is -0.870. The van der Waals surface area contributed by atoms with E-state index in [0.717, 1.165) is 57.8 Å². The number of phosphoric acid groups is 1. The summed E-state index contributed by atoms with van der Waals surface area (Å²) >= 11 is 0. The van der Waals surface area contributed by atoms with E-state index in [4.69, 9.17) is 9.05 Å². The fourth-order valence-electron chi connectivity index (χ4n) is 7.19. The van der Waals surface area contributed by atoms with Crippen LogP contribution in [0, 0.1) is 0 Å². The van der Waals surface area contributed by atoms with Gasteiger partial charge < -0.3 is 28.8 Å². The van der Waals surface area contributed by atoms with Crippen molar-refractivity contribution in [2.75, 3.05) is 40.9 Å². The number of carbonyl (C=O) groups is 1. The van der Waals surface area contributed by atoms with Crippen molar-refractivity contribution >= 4 is 13.7 Å². The first-order valence-electron chi connectivity index (χ1n) is 26.3. The topological polar surface area (TPSA) is 108 Å². The molecule has 0 rings (SSSR count). The number of rotatable bonds is 47. The van der Waals surface area contributed by atoms with Crippen molar-refractivity contribution in [1.29, 1.82) is 0 Å². The van der Waals surface area contributed by atoms with E-state index in [1.54, 1.807) is 6.08 Å². The van der Waals surface area contributed by atoms with Gasteiger partial charge in [0.05, 0.1) is 39.9 Å². The van der Waals surface area contributed by atoms with Crippen molar-refractivity contribution in [3.63, 3.8) is 0 Å². The van der Waals surface area contributed by atoms with Crippen LogP contribution in [0.1, 0.15) is 219 Å². The van der Waals surface area contributed by atoms with Gasteiger partial charge >= 0.3 is 0 Å². The maximum absolute atomic E-state index is 12.9. The molecule has 0 aromatic carbocycles. The quantitative estimate of drug-likeness (QED) is 0.0272. The summed E-state index contributed by atoms with van der Waals surface area (Å²) < 4.78 is 23.2. The average molecular weight is 917 g/mol. The van der Waals surface area contributed by atoms with Crippen LogP contribution in [0.2, 0.25) is 0 Å². The van der Waals surface area contributed by atoms with Crippen molar-refractivity contribution < 1.29 is 32.9 Å². The number of phosphoric ester groups is 1. The molecule has 0 aromatic heterocycles. The molecule has 0 saturated carbocycles. The SMILES string of the molecule is CCCCCCC/C=C\C/C=C\C/C=C\CCCCCCCCCCCCCCC(=O)NC(COP(=O)([O-])OCC[N+](C)(C)C)C(O)/C=C/CC/C=C/CC/C=C/CCCCCCC. The Balaban J connectivity index is 4.27. The number of carbonyl (C=O) groups excluding carboxylic acids is 1. The third-order valence-corrected chi connectivity index (χ3v) is 12.3. The Hall–Kier alpha value is -2.06. The zero-order valence-electron chi connectivity index (χ0n) is 42.2. The van der Waals surface area contributed by atoms with E-state index in [1.807, 2.05) is 27.2 Å². The van der Waals surface area contributed by atoms with E-state index in [1.165, 1.54) is 141 Å². The largest absolute Gasteiger partial charge is 0.756 e. The number of nitrogens with zero attached hydrogens (tertiary/aromatic N) is 1. The minimum atomic E-state index is -4.61. The summed E-state index contributed by atoms with van der Waals surface area (Å²) in [7, 11) is 1.23. The van der Waals surface area contributed by atoms with Gasteiger partial charge in [0, 0.05) is 6.42 Å². The number of likely N-dealkylation sites (N-methyl/N-ethyl adjacent to an activating group) is 1. The molecule has 0 spiro atoms. The lowest BCUT2D eigenvalue weighted by Gasteiger charge is -2.29. The van der Waals surface area contributed by atoms with Crippen LogP contribution in [-0.2, 0) is 18.4 Å². The van der Waals surface area contributed by atoms with Gasteiger partial charge in [-0.05, 0) is 83.5 Å². The monoisotopic (exact) mass is 917 g/mol. The molecular weight excluding hydrogens is 816 g/mol. The van der Waals surface area contributed by atoms with Gasteiger partial charge in [-0.1, -0.05) is 202 Å². The van der Waals surface area contributed by atoms with Crippen LogP contribution in [0.3, 0.4) is 0 Å². The van der Waals surface area contributed by atoms with E-state index in [9.17, 15) is 19.4 Å². The second-order valence-electron chi connectivity index (χ2n) is 18.9. The second-order valence-corrected chi connectivity index (χ2v) is 20.3. The molecule has 0 fully saturated rings. The number of hydrogen-bond acceptors (Lipinski definition) is 6. The first kappa shape index (κ1) is 61.9. The molecule has 0 aliphatic rings. The molecule has 64 heavy (non-hydrogen) atoms. The van der Waals surface area contributed by atoms with Crippen LogP contribution >= 0.6 is 7.82 Å². The summed E-state index contributed by atoms with van der Waals surface area (Å²) in [6.45, 7) is 4.58. The fourth-order valence-corrected chi connectivity index (χ4v) is 7.91. The van der Waals surface area contributed by atoms with Crippen molar-refractivity contribution in [3.05, 3.63) is 72.9 Å². The van der Waals surface area contributed by atoms with Gasteiger partial charge in [-0.2, -0.15) is 0 Å². The van der Waals surface area contributed by atoms with E-state index in [-0.39, 0.29) is 12.5 Å². The number of aliphatic hydroxyl groups is 1. The van der Waals surface area contributed by atoms with Crippen LogP contribution in [0.15, 0.2) is 72.9 Å². The highest BCUT2D eigenvalue weighted by Crippen LogP contribution is 2.38. The van der Waals surface area contributed by atoms with Gasteiger partial charge in [0.25, 0.3) is 7.82 Å². The van der Waals surface area contributed by atoms with E-state index >= 15 is 0 Å². The van der Waals surface area contributed by atoms with Crippen LogP contribution in [0.25, 0.3) is 0 Å². The third kappa shape index (κ3) is 47.9. The summed E-state index contributed by atoms with van der Waals surface area (Å²) in [6.07, 6.45) is 62.5. The Bertz CT molecular complexity index is 1270. The van der Waals surface area contributed by atoms with Crippen LogP contribution in [0.4, 0.5) is 0 Å². The zero-order chi connectivity index (χ0) is 47.1. The molecule has 0 heterocycles. The maximum atomic E-state index is 12.9. The molecule has 0 radical (unpaired) electrons. The molecule has 372 valence electrons. The number of quaternary nitrogens is 1. The fraction of sp³-hybridized carbons (Fsp3) is 0.764. The van der Waals surface area contributed by atoms with Gasteiger partial charge in [0.1, 0.15) is 13.2 Å². The van der Waals surface area contributed by atoms with Crippen LogP contribution in [-0.4, -0.2) is 68.5 Å². The summed E-state index contributed by atoms with van der Waals surface area (Å²) in [6, 6.07) is -0.913. The average Bonchev–Trinajstić information content (AvgIpc) is 3.25. The number of aliphatic hydroxyl groups excluding tert-OH is 1. The molecule has 0 saturated heterocycles. The molecule has 9 heteroatoms. The molecule has 0 aliphatic heterocycles. The summed E-state index contributed by atoms with van der Waals surface area (Å²) in [5, 5.41) is 13.8. The maximum Gasteiger partial charge on any atom is 0.268 e. The van der Waals surface area contributed by atoms with Crippen molar-refractivity contribution in [2.45, 2.75) is 231 Å². The number of unbranched alkanes of at least 4 members (excludes halogenated alkanes) is 24. The van der Waals surface area contributed by atoms with Crippen LogP contribution in [0.5, 0.6) is 0 Å². The smallest absolute Gasteiger partial charge is 0.268 e. The molecular formula is C55H101N2O6P. The summed E-state index contributed by atoms with van der Waals surface area (Å²) in [5.41, 5.74) is 0. The van der Waals surface area contributed by atoms with E-state index in [0.29, 0.717) is 17.4 Å². The Morgan fingerprint density at radius 2 is 0.922 bits per heavy atom. The second kappa shape index (κ2) is 46.1. The van der Waals surface area contributed by atoms with Gasteiger partial charge in [-0.3, -0.25) is 9.36 Å². The van der Waals surface area contributed by atoms with Crippen molar-refractivity contribution in [3.8, 4) is 0 Å². The van der Waals surface area contributed by atoms with Crippen molar-refractivity contribution in [2.24, 2.45) is 0 Å². The summed E-state index contributed by atoms with van der Waals surface area (Å²) in [4.78, 5) is 25.4. The van der Waals surface area contributed by atoms with Crippen LogP contribution < -0.4 is 10.2 Å². The summed E-state index contributed by atoms with van der Waals surface area (Å²) in [5.74, 6) is -0.216. The predicted molar refractivity (Wildman–Crippen MR) is 274 cm³/mol. The van der Waals surface area contributed by atoms with Gasteiger partial charge in [-0.25, -0.2) is 0 Å². The Labute approximate surface area is 395 Å². The van der Waals surface area contributed by atoms with Crippen molar-refractivity contribution in [1.82, 2.24) is 5.32 Å². The van der Waals surface area contributed by atoms with Gasteiger partial charge in [0.2, 0.25) is 5.91 Å². The molecule has 3 atom stereocenters. The van der Waals surface area contributed by atoms with E-state index < -0.39 is 26.6 Å². The number of hydrogen-bond donors (Lipinski definition) is 2. The molecule has 3 unspecified atom stereocenters. The first-order chi connectivity index (χ1) is 31.0. The molecule has 0 bridgehead atoms. The Kier molecular flexibility index (Phi) is 44.6. The third-order valence-electron chi connectivity index (χ3n) is 11.4. The predicted octanol–water partition coefficient (Wildman–Crippen LogP) is 14.9. The van der Waals surface area contributed by atoms with E-state index in [2.05, 4.69) is 79.9 Å². The molecule has 0 aliphatic carbocycles. The molecule has 0 aromatic rings. The number of amides is 1. The molecule has 8 nitrogen and oxygen atoms in total. The Morgan fingerprint density at radius 3 is 1.38 bits per heavy atom. The normalized spacial score (nSPS) is 14.7. The minimum Gasteiger partial charge on any atom is -0.756 e. The lowest BCUT2D eigenvalue weighted by atomic mass is 10.0. The van der Waals surface area contributed by atoms with Gasteiger partial charge in [0.15, 0.2) is 0 Å². The zero-order valence-corrected chi connectivity index (χ0v) is 43.1. The number of nitrogens with one attached hydrogen (secondary N) is 1. The lowest BCUT2D eigenvalue weighted by Crippen LogP contribution is -2.45. The first-order valence-corrected chi connectivity index (χ1v) is 27.8.